The minimum absolute atomic E-state index is 0.0608. The first kappa shape index (κ1) is 35.4. The molecule has 0 unspecified atom stereocenters. The zero-order valence-corrected chi connectivity index (χ0v) is 29.0. The van der Waals surface area contributed by atoms with Crippen LogP contribution in [0.25, 0.3) is 22.0 Å². The Hall–Kier alpha value is -5.40. The standard InChI is InChI=1S/C42H44N4O5/c1-3-9-30-24-31(26-43-27-38(48)34-14-16-37(47)42-35(34)15-17-40(49)45-42)39(51-2)25-36(30)44-41(50)20-23-46-21-18-29(19-22-46)33-13-8-7-12-32(33)28-10-5-4-6-11-28/h4-8,10-17,24-25,29,38,43,47-48H,18-23,26-27H2,1-2H3,(H,44,50)(H,45,49)/t38-/m0/s1. The van der Waals surface area contributed by atoms with Crippen LogP contribution < -0.4 is 20.9 Å². The summed E-state index contributed by atoms with van der Waals surface area (Å²) in [6, 6.07) is 29.0. The number of nitrogens with zero attached hydrogens (tertiary/aromatic N) is 1. The molecule has 1 aliphatic heterocycles. The topological polar surface area (TPSA) is 127 Å². The Bertz CT molecular complexity index is 2110. The fourth-order valence-corrected chi connectivity index (χ4v) is 6.97. The molecule has 1 fully saturated rings. The lowest BCUT2D eigenvalue weighted by atomic mass is 9.84. The number of aliphatic hydroxyl groups is 1. The second kappa shape index (κ2) is 16.5. The first-order valence-electron chi connectivity index (χ1n) is 17.4. The molecule has 9 nitrogen and oxygen atoms in total. The molecular formula is C42H44N4O5. The highest BCUT2D eigenvalue weighted by Crippen LogP contribution is 2.35. The van der Waals surface area contributed by atoms with Crippen LogP contribution in [0, 0.1) is 11.8 Å². The quantitative estimate of drug-likeness (QED) is 0.0975. The highest BCUT2D eigenvalue weighted by atomic mass is 16.5. The number of nitrogens with one attached hydrogen (secondary N) is 3. The van der Waals surface area contributed by atoms with E-state index < -0.39 is 6.10 Å². The summed E-state index contributed by atoms with van der Waals surface area (Å²) >= 11 is 0. The van der Waals surface area contributed by atoms with E-state index in [4.69, 9.17) is 4.74 Å². The van der Waals surface area contributed by atoms with Gasteiger partial charge in [-0.25, -0.2) is 0 Å². The molecule has 2 heterocycles. The molecule has 9 heteroatoms. The monoisotopic (exact) mass is 684 g/mol. The Morgan fingerprint density at radius 1 is 1.02 bits per heavy atom. The molecule has 1 aromatic heterocycles. The van der Waals surface area contributed by atoms with Gasteiger partial charge in [0.25, 0.3) is 0 Å². The van der Waals surface area contributed by atoms with E-state index in [-0.39, 0.29) is 29.3 Å². The Morgan fingerprint density at radius 3 is 2.55 bits per heavy atom. The van der Waals surface area contributed by atoms with Gasteiger partial charge in [0.2, 0.25) is 11.5 Å². The zero-order chi connectivity index (χ0) is 35.7. The maximum Gasteiger partial charge on any atom is 0.248 e. The molecule has 5 N–H and O–H groups in total. The number of pyridine rings is 1. The number of phenols is 1. The summed E-state index contributed by atoms with van der Waals surface area (Å²) in [6.07, 6.45) is 1.57. The molecule has 0 spiro atoms. The second-order valence-corrected chi connectivity index (χ2v) is 12.9. The highest BCUT2D eigenvalue weighted by molar-refractivity contribution is 5.93. The van der Waals surface area contributed by atoms with Gasteiger partial charge in [0, 0.05) is 54.7 Å². The number of benzene rings is 4. The van der Waals surface area contributed by atoms with Crippen molar-refractivity contribution in [2.75, 3.05) is 38.6 Å². The van der Waals surface area contributed by atoms with Crippen LogP contribution in [0.4, 0.5) is 5.69 Å². The molecule has 1 amide bonds. The molecule has 1 aliphatic rings. The lowest BCUT2D eigenvalue weighted by molar-refractivity contribution is -0.116. The van der Waals surface area contributed by atoms with Crippen molar-refractivity contribution < 1.29 is 19.7 Å². The number of aliphatic hydroxyl groups excluding tert-OH is 1. The summed E-state index contributed by atoms with van der Waals surface area (Å²) in [4.78, 5) is 30.0. The van der Waals surface area contributed by atoms with Gasteiger partial charge in [-0.05, 0) is 79.2 Å². The van der Waals surface area contributed by atoms with Gasteiger partial charge in [-0.15, -0.1) is 5.92 Å². The van der Waals surface area contributed by atoms with Crippen molar-refractivity contribution in [1.82, 2.24) is 15.2 Å². The van der Waals surface area contributed by atoms with Gasteiger partial charge < -0.3 is 35.5 Å². The number of aromatic nitrogens is 1. The van der Waals surface area contributed by atoms with E-state index in [0.717, 1.165) is 31.5 Å². The van der Waals surface area contributed by atoms with Crippen LogP contribution in [0.2, 0.25) is 0 Å². The van der Waals surface area contributed by atoms with E-state index in [0.29, 0.717) is 53.4 Å². The van der Waals surface area contributed by atoms with Crippen LogP contribution in [-0.4, -0.2) is 59.3 Å². The predicted molar refractivity (Wildman–Crippen MR) is 202 cm³/mol. The molecule has 1 atom stereocenters. The fraction of sp³-hybridized carbons (Fsp3) is 0.286. The maximum atomic E-state index is 13.2. The van der Waals surface area contributed by atoms with Crippen molar-refractivity contribution in [3.05, 3.63) is 124 Å². The van der Waals surface area contributed by atoms with E-state index in [1.54, 1.807) is 32.2 Å². The number of carbonyl (C=O) groups is 1. The number of ether oxygens (including phenoxy) is 1. The van der Waals surface area contributed by atoms with E-state index in [2.05, 4.69) is 80.9 Å². The lowest BCUT2D eigenvalue weighted by Gasteiger charge is -2.33. The first-order chi connectivity index (χ1) is 24.8. The number of H-pyrrole nitrogens is 1. The van der Waals surface area contributed by atoms with Crippen molar-refractivity contribution in [2.24, 2.45) is 0 Å². The van der Waals surface area contributed by atoms with Gasteiger partial charge in [-0.2, -0.15) is 0 Å². The number of phenolic OH excluding ortho intramolecular Hbond substituents is 1. The largest absolute Gasteiger partial charge is 0.506 e. The number of likely N-dealkylation sites (tertiary alicyclic amines) is 1. The first-order valence-corrected chi connectivity index (χ1v) is 17.4. The van der Waals surface area contributed by atoms with Crippen molar-refractivity contribution in [3.8, 4) is 34.5 Å². The molecule has 262 valence electrons. The number of hydrogen-bond donors (Lipinski definition) is 5. The Morgan fingerprint density at radius 2 is 1.78 bits per heavy atom. The van der Waals surface area contributed by atoms with Gasteiger partial charge in [0.05, 0.1) is 24.4 Å². The lowest BCUT2D eigenvalue weighted by Crippen LogP contribution is -2.35. The number of carbonyl (C=O) groups excluding carboxylic acids is 1. The average molecular weight is 685 g/mol. The molecule has 1 saturated heterocycles. The third-order valence-electron chi connectivity index (χ3n) is 9.60. The molecule has 6 rings (SSSR count). The smallest absolute Gasteiger partial charge is 0.248 e. The molecule has 0 radical (unpaired) electrons. The summed E-state index contributed by atoms with van der Waals surface area (Å²) in [5, 5.41) is 28.1. The molecule has 51 heavy (non-hydrogen) atoms. The van der Waals surface area contributed by atoms with Crippen LogP contribution in [-0.2, 0) is 11.3 Å². The van der Waals surface area contributed by atoms with Crippen molar-refractivity contribution in [1.29, 1.82) is 0 Å². The van der Waals surface area contributed by atoms with Crippen molar-refractivity contribution in [2.45, 2.75) is 44.8 Å². The molecule has 0 aliphatic carbocycles. The summed E-state index contributed by atoms with van der Waals surface area (Å²) in [7, 11) is 1.58. The van der Waals surface area contributed by atoms with Crippen LogP contribution in [0.3, 0.4) is 0 Å². The number of piperidine rings is 1. The molecule has 4 aromatic carbocycles. The SMILES string of the molecule is CC#Cc1cc(CNC[C@H](O)c2ccc(O)c3[nH]c(=O)ccc23)c(OC)cc1NC(=O)CCN1CCC(c2ccccc2-c2ccccc2)CC1. The van der Waals surface area contributed by atoms with Gasteiger partial charge in [0.1, 0.15) is 11.5 Å². The van der Waals surface area contributed by atoms with Crippen LogP contribution in [0.1, 0.15) is 60.5 Å². The summed E-state index contributed by atoms with van der Waals surface area (Å²) in [5.74, 6) is 6.99. The summed E-state index contributed by atoms with van der Waals surface area (Å²) in [5.41, 5.74) is 6.57. The van der Waals surface area contributed by atoms with Gasteiger partial charge in [-0.1, -0.05) is 66.6 Å². The van der Waals surface area contributed by atoms with Crippen molar-refractivity contribution >= 4 is 22.5 Å². The number of fused-ring (bicyclic) bond motifs is 1. The average Bonchev–Trinajstić information content (AvgIpc) is 3.16. The molecular weight excluding hydrogens is 640 g/mol. The Labute approximate surface area is 298 Å². The fourth-order valence-electron chi connectivity index (χ4n) is 6.97. The number of rotatable bonds is 12. The summed E-state index contributed by atoms with van der Waals surface area (Å²) < 4.78 is 5.69. The van der Waals surface area contributed by atoms with Gasteiger partial charge >= 0.3 is 0 Å². The number of methoxy groups -OCH3 is 1. The summed E-state index contributed by atoms with van der Waals surface area (Å²) in [6.45, 7) is 4.89. The third kappa shape index (κ3) is 8.50. The van der Waals surface area contributed by atoms with Crippen LogP contribution in [0.5, 0.6) is 11.5 Å². The zero-order valence-electron chi connectivity index (χ0n) is 29.0. The predicted octanol–water partition coefficient (Wildman–Crippen LogP) is 6.31. The molecule has 5 aromatic rings. The highest BCUT2D eigenvalue weighted by Gasteiger charge is 2.23. The number of amides is 1. The minimum Gasteiger partial charge on any atom is -0.506 e. The van der Waals surface area contributed by atoms with Gasteiger partial charge in [0.15, 0.2) is 0 Å². The minimum atomic E-state index is -0.908. The molecule has 0 bridgehead atoms. The Kier molecular flexibility index (Phi) is 11.5. The van der Waals surface area contributed by atoms with E-state index in [9.17, 15) is 19.8 Å². The number of aromatic amines is 1. The van der Waals surface area contributed by atoms with E-state index in [1.807, 2.05) is 12.1 Å². The van der Waals surface area contributed by atoms with Crippen molar-refractivity contribution in [3.63, 3.8) is 0 Å². The molecule has 0 saturated carbocycles. The second-order valence-electron chi connectivity index (χ2n) is 12.9. The number of aromatic hydroxyl groups is 1. The van der Waals surface area contributed by atoms with Crippen LogP contribution in [0.15, 0.2) is 95.8 Å². The Balaban J connectivity index is 1.04. The number of hydrogen-bond acceptors (Lipinski definition) is 7. The third-order valence-corrected chi connectivity index (χ3v) is 9.60. The van der Waals surface area contributed by atoms with Gasteiger partial charge in [-0.3, -0.25) is 9.59 Å². The van der Waals surface area contributed by atoms with E-state index in [1.165, 1.54) is 28.8 Å². The normalized spacial score (nSPS) is 14.1. The number of anilines is 1. The van der Waals surface area contributed by atoms with Crippen LogP contribution >= 0.6 is 0 Å². The maximum absolute atomic E-state index is 13.2. The van der Waals surface area contributed by atoms with E-state index >= 15 is 0 Å².